The number of likely N-dealkylation sites (tertiary alicyclic amines) is 1. The van der Waals surface area contributed by atoms with Crippen molar-refractivity contribution in [1.82, 2.24) is 4.90 Å². The third-order valence-corrected chi connectivity index (χ3v) is 2.79. The molecule has 1 rings (SSSR count). The van der Waals surface area contributed by atoms with Crippen LogP contribution >= 0.6 is 7.60 Å². The molecule has 6 nitrogen and oxygen atoms in total. The van der Waals surface area contributed by atoms with Crippen molar-refractivity contribution in [3.8, 4) is 0 Å². The molecule has 1 heterocycles. The molecule has 0 radical (unpaired) electrons. The van der Waals surface area contributed by atoms with Crippen molar-refractivity contribution in [3.63, 3.8) is 0 Å². The molecule has 0 saturated carbocycles. The molecule has 1 unspecified atom stereocenters. The number of carbonyl (C=O) groups excluding carboxylic acids is 1. The molecule has 0 aromatic heterocycles. The smallest absolute Gasteiger partial charge is 0.339 e. The van der Waals surface area contributed by atoms with E-state index in [9.17, 15) is 9.36 Å². The summed E-state index contributed by atoms with van der Waals surface area (Å²) in [6.45, 7) is 0.527. The van der Waals surface area contributed by atoms with E-state index in [-0.39, 0.29) is 6.29 Å². The third kappa shape index (κ3) is 3.08. The molecule has 4 N–H and O–H groups in total. The fourth-order valence-corrected chi connectivity index (χ4v) is 2.37. The SMILES string of the molecule is NC(=O)C1CCCN1CP(=O)(O)O. The van der Waals surface area contributed by atoms with E-state index in [1.54, 1.807) is 0 Å². The molecule has 1 amide bonds. The highest BCUT2D eigenvalue weighted by atomic mass is 31.2. The average molecular weight is 208 g/mol. The quantitative estimate of drug-likeness (QED) is 0.520. The number of rotatable bonds is 3. The second-order valence-electron chi connectivity index (χ2n) is 3.18. The van der Waals surface area contributed by atoms with Gasteiger partial charge in [0.2, 0.25) is 5.91 Å². The average Bonchev–Trinajstić information content (AvgIpc) is 2.31. The maximum absolute atomic E-state index is 10.8. The zero-order chi connectivity index (χ0) is 10.1. The zero-order valence-corrected chi connectivity index (χ0v) is 7.98. The van der Waals surface area contributed by atoms with Crippen molar-refractivity contribution in [2.24, 2.45) is 5.73 Å². The standard InChI is InChI=1S/C6H13N2O4P/c7-6(9)5-2-1-3-8(5)4-13(10,11)12/h5H,1-4H2,(H2,7,9)(H2,10,11,12). The topological polar surface area (TPSA) is 104 Å². The van der Waals surface area contributed by atoms with E-state index in [1.807, 2.05) is 0 Å². The van der Waals surface area contributed by atoms with Gasteiger partial charge in [-0.2, -0.15) is 0 Å². The molecule has 0 aromatic carbocycles. The number of hydrogen-bond acceptors (Lipinski definition) is 3. The summed E-state index contributed by atoms with van der Waals surface area (Å²) < 4.78 is 10.7. The van der Waals surface area contributed by atoms with Crippen LogP contribution in [0.1, 0.15) is 12.8 Å². The largest absolute Gasteiger partial charge is 0.368 e. The van der Waals surface area contributed by atoms with E-state index in [1.165, 1.54) is 4.90 Å². The molecular formula is C6H13N2O4P. The Hall–Kier alpha value is -0.420. The Labute approximate surface area is 75.9 Å². The van der Waals surface area contributed by atoms with E-state index < -0.39 is 19.5 Å². The van der Waals surface area contributed by atoms with E-state index >= 15 is 0 Å². The summed E-state index contributed by atoms with van der Waals surface area (Å²) in [5, 5.41) is 0. The van der Waals surface area contributed by atoms with Gasteiger partial charge >= 0.3 is 7.60 Å². The Kier molecular flexibility index (Phi) is 3.08. The molecule has 1 atom stereocenters. The summed E-state index contributed by atoms with van der Waals surface area (Å²) in [5.74, 6) is -0.508. The first-order chi connectivity index (χ1) is 5.90. The van der Waals surface area contributed by atoms with Crippen LogP contribution in [0.5, 0.6) is 0 Å². The van der Waals surface area contributed by atoms with Gasteiger partial charge < -0.3 is 15.5 Å². The minimum Gasteiger partial charge on any atom is -0.368 e. The van der Waals surface area contributed by atoms with Gasteiger partial charge in [0.15, 0.2) is 0 Å². The molecule has 1 fully saturated rings. The Morgan fingerprint density at radius 1 is 1.62 bits per heavy atom. The molecule has 0 spiro atoms. The highest BCUT2D eigenvalue weighted by Gasteiger charge is 2.32. The molecular weight excluding hydrogens is 195 g/mol. The van der Waals surface area contributed by atoms with Crippen molar-refractivity contribution in [1.29, 1.82) is 0 Å². The number of hydrogen-bond donors (Lipinski definition) is 3. The minimum atomic E-state index is -4.07. The molecule has 1 aliphatic rings. The van der Waals surface area contributed by atoms with Crippen LogP contribution in [0.15, 0.2) is 0 Å². The molecule has 0 aliphatic carbocycles. The van der Waals surface area contributed by atoms with Crippen molar-refractivity contribution in [3.05, 3.63) is 0 Å². The number of primary amides is 1. The summed E-state index contributed by atoms with van der Waals surface area (Å²) in [7, 11) is -4.07. The Morgan fingerprint density at radius 2 is 2.23 bits per heavy atom. The maximum Gasteiger partial charge on any atom is 0.339 e. The van der Waals surface area contributed by atoms with E-state index in [2.05, 4.69) is 0 Å². The van der Waals surface area contributed by atoms with E-state index in [0.29, 0.717) is 13.0 Å². The summed E-state index contributed by atoms with van der Waals surface area (Å²) in [5.41, 5.74) is 5.07. The van der Waals surface area contributed by atoms with Crippen LogP contribution in [0.25, 0.3) is 0 Å². The molecule has 0 bridgehead atoms. The van der Waals surface area contributed by atoms with Crippen LogP contribution in [0.2, 0.25) is 0 Å². The van der Waals surface area contributed by atoms with Crippen LogP contribution in [0.3, 0.4) is 0 Å². The molecule has 7 heteroatoms. The number of nitrogens with two attached hydrogens (primary N) is 1. The highest BCUT2D eigenvalue weighted by molar-refractivity contribution is 7.51. The van der Waals surface area contributed by atoms with Crippen LogP contribution < -0.4 is 5.73 Å². The van der Waals surface area contributed by atoms with Gasteiger partial charge in [-0.05, 0) is 19.4 Å². The molecule has 13 heavy (non-hydrogen) atoms. The molecule has 0 aromatic rings. The minimum absolute atomic E-state index is 0.374. The lowest BCUT2D eigenvalue weighted by atomic mass is 10.2. The van der Waals surface area contributed by atoms with E-state index in [4.69, 9.17) is 15.5 Å². The predicted molar refractivity (Wildman–Crippen MR) is 45.8 cm³/mol. The summed E-state index contributed by atoms with van der Waals surface area (Å²) in [6.07, 6.45) is 0.976. The summed E-state index contributed by atoms with van der Waals surface area (Å²) >= 11 is 0. The Bertz CT molecular complexity index is 251. The first kappa shape index (κ1) is 10.7. The van der Waals surface area contributed by atoms with Crippen LogP contribution in [-0.2, 0) is 9.36 Å². The Morgan fingerprint density at radius 3 is 2.69 bits per heavy atom. The van der Waals surface area contributed by atoms with Crippen molar-refractivity contribution in [2.75, 3.05) is 12.8 Å². The van der Waals surface area contributed by atoms with E-state index in [0.717, 1.165) is 6.42 Å². The third-order valence-electron chi connectivity index (χ3n) is 2.06. The fourth-order valence-electron chi connectivity index (χ4n) is 1.55. The summed E-state index contributed by atoms with van der Waals surface area (Å²) in [4.78, 5) is 29.7. The van der Waals surface area contributed by atoms with Gasteiger partial charge in [0.25, 0.3) is 0 Å². The predicted octanol–water partition coefficient (Wildman–Crippen LogP) is -0.929. The van der Waals surface area contributed by atoms with Crippen LogP contribution in [0.4, 0.5) is 0 Å². The van der Waals surface area contributed by atoms with Gasteiger partial charge in [0.05, 0.1) is 6.04 Å². The molecule has 76 valence electrons. The monoisotopic (exact) mass is 208 g/mol. The zero-order valence-electron chi connectivity index (χ0n) is 7.09. The van der Waals surface area contributed by atoms with Gasteiger partial charge in [0, 0.05) is 0 Å². The molecule has 1 aliphatic heterocycles. The van der Waals surface area contributed by atoms with Gasteiger partial charge in [-0.3, -0.25) is 14.3 Å². The normalized spacial score (nSPS) is 24.9. The lowest BCUT2D eigenvalue weighted by Crippen LogP contribution is -2.40. The lowest BCUT2D eigenvalue weighted by molar-refractivity contribution is -0.122. The fraction of sp³-hybridized carbons (Fsp3) is 0.833. The first-order valence-corrected chi connectivity index (χ1v) is 5.78. The second kappa shape index (κ2) is 3.75. The van der Waals surface area contributed by atoms with Crippen molar-refractivity contribution >= 4 is 13.5 Å². The van der Waals surface area contributed by atoms with Gasteiger partial charge in [-0.25, -0.2) is 0 Å². The van der Waals surface area contributed by atoms with Crippen LogP contribution in [0, 0.1) is 0 Å². The van der Waals surface area contributed by atoms with Crippen LogP contribution in [-0.4, -0.2) is 39.5 Å². The first-order valence-electron chi connectivity index (χ1n) is 3.98. The maximum atomic E-state index is 10.8. The van der Waals surface area contributed by atoms with Gasteiger partial charge in [-0.15, -0.1) is 0 Å². The van der Waals surface area contributed by atoms with Crippen molar-refractivity contribution < 1.29 is 19.1 Å². The number of amides is 1. The molecule has 1 saturated heterocycles. The summed E-state index contributed by atoms with van der Waals surface area (Å²) in [6, 6.07) is -0.507. The van der Waals surface area contributed by atoms with Gasteiger partial charge in [-0.1, -0.05) is 0 Å². The highest BCUT2D eigenvalue weighted by Crippen LogP contribution is 2.37. The number of carbonyl (C=O) groups is 1. The van der Waals surface area contributed by atoms with Gasteiger partial charge in [0.1, 0.15) is 6.29 Å². The Balaban J connectivity index is 2.59. The number of nitrogens with zero attached hydrogens (tertiary/aromatic N) is 1. The van der Waals surface area contributed by atoms with Crippen molar-refractivity contribution in [2.45, 2.75) is 18.9 Å². The lowest BCUT2D eigenvalue weighted by Gasteiger charge is -2.21. The second-order valence-corrected chi connectivity index (χ2v) is 4.79.